The van der Waals surface area contributed by atoms with Gasteiger partial charge in [0.05, 0.1) is 30.5 Å². The number of nitrogens with zero attached hydrogens (tertiary/aromatic N) is 5. The van der Waals surface area contributed by atoms with Crippen molar-refractivity contribution in [3.05, 3.63) is 90.0 Å². The Balaban J connectivity index is 1.25. The van der Waals surface area contributed by atoms with Gasteiger partial charge in [-0.05, 0) is 36.6 Å². The highest BCUT2D eigenvalue weighted by Crippen LogP contribution is 2.45. The normalized spacial score (nSPS) is 22.2. The van der Waals surface area contributed by atoms with Gasteiger partial charge in [0, 0.05) is 26.1 Å². The molecule has 3 heterocycles. The zero-order chi connectivity index (χ0) is 32.2. The average molecular weight is 626 g/mol. The highest BCUT2D eigenvalue weighted by molar-refractivity contribution is 5.96. The fourth-order valence-electron chi connectivity index (χ4n) is 6.19. The molecule has 1 saturated heterocycles. The van der Waals surface area contributed by atoms with Gasteiger partial charge in [0.1, 0.15) is 12.4 Å². The van der Waals surface area contributed by atoms with E-state index < -0.39 is 18.3 Å². The molecule has 2 fully saturated rings. The Kier molecular flexibility index (Phi) is 9.04. The maximum Gasteiger partial charge on any atom is 0.335 e. The lowest BCUT2D eigenvalue weighted by Crippen LogP contribution is -2.37. The van der Waals surface area contributed by atoms with Crippen molar-refractivity contribution in [2.75, 3.05) is 25.5 Å². The number of carboxylic acid groups (broad SMARTS) is 1. The third-order valence-corrected chi connectivity index (χ3v) is 8.35. The topological polar surface area (TPSA) is 161 Å². The van der Waals surface area contributed by atoms with E-state index in [1.807, 2.05) is 54.0 Å². The second-order valence-corrected chi connectivity index (χ2v) is 11.3. The zero-order valence-corrected chi connectivity index (χ0v) is 25.4. The second kappa shape index (κ2) is 13.5. The molecule has 0 spiro atoms. The third-order valence-electron chi connectivity index (χ3n) is 8.35. The third kappa shape index (κ3) is 6.46. The molecule has 5 atom stereocenters. The molecular weight excluding hydrogens is 590 g/mol. The van der Waals surface area contributed by atoms with Crippen LogP contribution < -0.4 is 10.6 Å². The van der Waals surface area contributed by atoms with Gasteiger partial charge in [-0.2, -0.15) is 0 Å². The molecule has 1 aliphatic carbocycles. The van der Waals surface area contributed by atoms with Crippen molar-refractivity contribution in [3.8, 4) is 0 Å². The second-order valence-electron chi connectivity index (χ2n) is 11.3. The van der Waals surface area contributed by atoms with E-state index in [2.05, 4.69) is 25.6 Å². The number of aromatic carboxylic acids is 1. The fourth-order valence-corrected chi connectivity index (χ4v) is 6.19. The van der Waals surface area contributed by atoms with Crippen LogP contribution in [0.3, 0.4) is 0 Å². The maximum atomic E-state index is 13.3. The monoisotopic (exact) mass is 625 g/mol. The van der Waals surface area contributed by atoms with Crippen molar-refractivity contribution in [3.63, 3.8) is 0 Å². The van der Waals surface area contributed by atoms with Crippen LogP contribution in [0.1, 0.15) is 40.9 Å². The summed E-state index contributed by atoms with van der Waals surface area (Å²) >= 11 is 0. The van der Waals surface area contributed by atoms with Crippen LogP contribution in [0.4, 0.5) is 10.6 Å². The molecule has 4 aromatic rings. The number of nitrogens with one attached hydrogen (secondary N) is 2. The first-order valence-electron chi connectivity index (χ1n) is 15.1. The summed E-state index contributed by atoms with van der Waals surface area (Å²) in [4.78, 5) is 52.1. The number of carboxylic acids is 1. The molecule has 13 nitrogen and oxygen atoms in total. The van der Waals surface area contributed by atoms with E-state index in [1.165, 1.54) is 12.4 Å². The van der Waals surface area contributed by atoms with Crippen LogP contribution in [0.15, 0.2) is 73.3 Å². The van der Waals surface area contributed by atoms with Crippen LogP contribution in [0.2, 0.25) is 0 Å². The van der Waals surface area contributed by atoms with E-state index in [-0.39, 0.29) is 42.1 Å². The van der Waals surface area contributed by atoms with E-state index in [0.717, 1.165) is 5.56 Å². The molecule has 1 aliphatic heterocycles. The molecule has 6 rings (SSSR count). The maximum absolute atomic E-state index is 13.3. The predicted molar refractivity (Wildman–Crippen MR) is 169 cm³/mol. The highest BCUT2D eigenvalue weighted by atomic mass is 16.7. The van der Waals surface area contributed by atoms with Crippen LogP contribution in [-0.4, -0.2) is 86.1 Å². The van der Waals surface area contributed by atoms with Gasteiger partial charge < -0.3 is 29.4 Å². The van der Waals surface area contributed by atoms with Gasteiger partial charge in [-0.15, -0.1) is 0 Å². The molecular formula is C33H35N7O6. The molecule has 13 heteroatoms. The van der Waals surface area contributed by atoms with Gasteiger partial charge in [0.25, 0.3) is 0 Å². The van der Waals surface area contributed by atoms with Gasteiger partial charge in [0.15, 0.2) is 23.3 Å². The molecule has 2 aromatic carbocycles. The molecule has 0 bridgehead atoms. The van der Waals surface area contributed by atoms with Crippen molar-refractivity contribution >= 4 is 41.0 Å². The van der Waals surface area contributed by atoms with Gasteiger partial charge >= 0.3 is 12.0 Å². The number of ether oxygens (including phenoxy) is 2. The minimum Gasteiger partial charge on any atom is -0.478 e. The minimum absolute atomic E-state index is 0.0342. The smallest absolute Gasteiger partial charge is 0.335 e. The number of benzene rings is 2. The summed E-state index contributed by atoms with van der Waals surface area (Å²) in [5.41, 5.74) is 2.56. The summed E-state index contributed by atoms with van der Waals surface area (Å²) in [6.45, 7) is 2.65. The number of urea groups is 1. The number of hydrogen-bond donors (Lipinski definition) is 3. The number of likely N-dealkylation sites (N-methyl/N-ethyl adjacent to an activating group) is 1. The Morgan fingerprint density at radius 3 is 2.59 bits per heavy atom. The van der Waals surface area contributed by atoms with Crippen LogP contribution in [0, 0.1) is 5.92 Å². The number of carbonyl (C=O) groups is 3. The number of rotatable bonds is 10. The highest BCUT2D eigenvalue weighted by Gasteiger charge is 2.52. The molecule has 3 amide bonds. The molecule has 4 unspecified atom stereocenters. The Labute approximate surface area is 265 Å². The van der Waals surface area contributed by atoms with E-state index in [0.29, 0.717) is 42.1 Å². The molecule has 0 radical (unpaired) electrons. The first-order chi connectivity index (χ1) is 22.3. The summed E-state index contributed by atoms with van der Waals surface area (Å²) in [7, 11) is 1.72. The molecule has 2 aromatic heterocycles. The van der Waals surface area contributed by atoms with Crippen molar-refractivity contribution in [2.24, 2.45) is 5.92 Å². The number of anilines is 1. The average Bonchev–Trinajstić information content (AvgIpc) is 3.76. The number of hydrogen-bond acceptors (Lipinski definition) is 8. The largest absolute Gasteiger partial charge is 0.478 e. The Bertz CT molecular complexity index is 1760. The molecule has 3 N–H and O–H groups in total. The van der Waals surface area contributed by atoms with Crippen molar-refractivity contribution in [2.45, 2.75) is 44.3 Å². The predicted octanol–water partition coefficient (Wildman–Crippen LogP) is 3.75. The fraction of sp³-hybridized carbons (Fsp3) is 0.333. The summed E-state index contributed by atoms with van der Waals surface area (Å²) in [5.74, 6) is -1.09. The Morgan fingerprint density at radius 2 is 1.80 bits per heavy atom. The van der Waals surface area contributed by atoms with E-state index in [4.69, 9.17) is 9.47 Å². The minimum atomic E-state index is -1.07. The molecule has 1 saturated carbocycles. The van der Waals surface area contributed by atoms with Crippen molar-refractivity contribution < 1.29 is 29.0 Å². The lowest BCUT2D eigenvalue weighted by molar-refractivity contribution is -0.130. The van der Waals surface area contributed by atoms with Crippen LogP contribution in [0.5, 0.6) is 0 Å². The number of amides is 3. The van der Waals surface area contributed by atoms with Gasteiger partial charge in [-0.3, -0.25) is 10.1 Å². The van der Waals surface area contributed by atoms with E-state index >= 15 is 0 Å². The van der Waals surface area contributed by atoms with Crippen LogP contribution in [0.25, 0.3) is 17.2 Å². The SMILES string of the molecule is CCNC(=O)Nc1ncnc2c1ncn2C1CC(CN(C)C(=O)Cc2ccccc2C(=O)O)C2O[C@H](C=Cc3ccccc3)OC21. The summed E-state index contributed by atoms with van der Waals surface area (Å²) in [6, 6.07) is 15.8. The van der Waals surface area contributed by atoms with Gasteiger partial charge in [0.2, 0.25) is 5.91 Å². The van der Waals surface area contributed by atoms with Crippen molar-refractivity contribution in [1.82, 2.24) is 29.7 Å². The summed E-state index contributed by atoms with van der Waals surface area (Å²) < 4.78 is 14.9. The summed E-state index contributed by atoms with van der Waals surface area (Å²) in [5, 5.41) is 15.0. The quantitative estimate of drug-likeness (QED) is 0.238. The van der Waals surface area contributed by atoms with E-state index in [9.17, 15) is 19.5 Å². The summed E-state index contributed by atoms with van der Waals surface area (Å²) in [6.07, 6.45) is 6.11. The first-order valence-corrected chi connectivity index (χ1v) is 15.1. The van der Waals surface area contributed by atoms with E-state index in [1.54, 1.807) is 36.5 Å². The molecule has 46 heavy (non-hydrogen) atoms. The van der Waals surface area contributed by atoms with Gasteiger partial charge in [-0.1, -0.05) is 54.6 Å². The first kappa shape index (κ1) is 30.9. The standard InChI is InChI=1S/C33H35N7O6/c1-3-34-33(44)38-30-27-31(36-18-35-30)40(19-37-27)24-15-22(17-39(2)25(41)16-21-11-7-8-12-23(21)32(42)43)28-29(24)46-26(45-28)14-13-20-9-5-4-6-10-20/h4-14,18-19,22,24,26,28-29H,3,15-17H2,1-2H3,(H,42,43)(H2,34,35,36,38,44)/t22?,24?,26-,28?,29?/m0/s1. The molecule has 2 aliphatic rings. The van der Waals surface area contributed by atoms with Crippen LogP contribution >= 0.6 is 0 Å². The lowest BCUT2D eigenvalue weighted by Gasteiger charge is -2.25. The van der Waals surface area contributed by atoms with Crippen LogP contribution in [-0.2, 0) is 20.7 Å². The zero-order valence-electron chi connectivity index (χ0n) is 25.4. The molecule has 238 valence electrons. The Hall–Kier alpha value is -5.14. The Morgan fingerprint density at radius 1 is 1.04 bits per heavy atom. The lowest BCUT2D eigenvalue weighted by atomic mass is 10.0. The number of fused-ring (bicyclic) bond motifs is 2. The number of aromatic nitrogens is 4. The number of imidazole rings is 1. The van der Waals surface area contributed by atoms with Gasteiger partial charge in [-0.25, -0.2) is 24.5 Å². The van der Waals surface area contributed by atoms with Crippen molar-refractivity contribution in [1.29, 1.82) is 0 Å². The number of carbonyl (C=O) groups excluding carboxylic acids is 2.